The Bertz CT molecular complexity index is 899. The van der Waals surface area contributed by atoms with Gasteiger partial charge in [-0.15, -0.1) is 0 Å². The maximum atomic E-state index is 10.3. The molecule has 4 atom stereocenters. The van der Waals surface area contributed by atoms with Gasteiger partial charge in [0.1, 0.15) is 24.2 Å². The van der Waals surface area contributed by atoms with Crippen molar-refractivity contribution < 1.29 is 14.9 Å². The van der Waals surface area contributed by atoms with Crippen LogP contribution < -0.4 is 0 Å². The Hall–Kier alpha value is -1.55. The molecule has 2 aromatic heterocycles. The van der Waals surface area contributed by atoms with Crippen LogP contribution in [0.4, 0.5) is 0 Å². The molecule has 0 amide bonds. The summed E-state index contributed by atoms with van der Waals surface area (Å²) in [5, 5.41) is 21.3. The summed E-state index contributed by atoms with van der Waals surface area (Å²) < 4.78 is 8.54. The van der Waals surface area contributed by atoms with Crippen LogP contribution in [0.1, 0.15) is 24.4 Å². The number of fused-ring (bicyclic) bond motifs is 1. The number of aliphatic hydroxyl groups is 2. The molecular weight excluding hydrogens is 433 g/mol. The van der Waals surface area contributed by atoms with Gasteiger partial charge in [0.25, 0.3) is 0 Å². The van der Waals surface area contributed by atoms with Gasteiger partial charge in [-0.1, -0.05) is 30.3 Å². The number of aromatic nitrogens is 3. The van der Waals surface area contributed by atoms with Crippen LogP contribution in [-0.4, -0.2) is 43.1 Å². The third-order valence-electron chi connectivity index (χ3n) is 4.61. The monoisotopic (exact) mass is 451 g/mol. The molecule has 0 bridgehead atoms. The van der Waals surface area contributed by atoms with E-state index in [1.165, 1.54) is 11.9 Å². The summed E-state index contributed by atoms with van der Waals surface area (Å²) in [5.41, 5.74) is 2.81. The van der Waals surface area contributed by atoms with Gasteiger partial charge in [-0.2, -0.15) is 0 Å². The Kier molecular flexibility index (Phi) is 4.48. The first kappa shape index (κ1) is 16.9. The minimum absolute atomic E-state index is 0.430. The standard InChI is InChI=1S/C18H18IN3O3/c1-10-15(23)16(24)18(25-10)22-8-12(19)14-13(20-9-21-17(14)22)7-11-5-3-2-4-6-11/h2-6,8-10,15-16,18,23-24H,7H2,1H3/t10-,15-,16-,18-/m1/s1. The topological polar surface area (TPSA) is 80.4 Å². The van der Waals surface area contributed by atoms with Gasteiger partial charge in [-0.3, -0.25) is 0 Å². The number of aliphatic hydroxyl groups excluding tert-OH is 2. The maximum absolute atomic E-state index is 10.3. The minimum Gasteiger partial charge on any atom is -0.388 e. The largest absolute Gasteiger partial charge is 0.388 e. The fourth-order valence-corrected chi connectivity index (χ4v) is 4.13. The zero-order valence-corrected chi connectivity index (χ0v) is 15.7. The second-order valence-electron chi connectivity index (χ2n) is 6.28. The van der Waals surface area contributed by atoms with Crippen LogP contribution in [0.5, 0.6) is 0 Å². The molecule has 3 aromatic rings. The Morgan fingerprint density at radius 3 is 2.60 bits per heavy atom. The molecular formula is C18H18IN3O3. The van der Waals surface area contributed by atoms with E-state index in [4.69, 9.17) is 4.74 Å². The van der Waals surface area contributed by atoms with Crippen molar-refractivity contribution in [1.29, 1.82) is 0 Å². The van der Waals surface area contributed by atoms with Crippen LogP contribution in [0.3, 0.4) is 0 Å². The number of halogens is 1. The number of benzene rings is 1. The number of nitrogens with zero attached hydrogens (tertiary/aromatic N) is 3. The zero-order chi connectivity index (χ0) is 17.6. The van der Waals surface area contributed by atoms with Crippen molar-refractivity contribution in [2.75, 3.05) is 0 Å². The first-order valence-corrected chi connectivity index (χ1v) is 9.19. The van der Waals surface area contributed by atoms with E-state index in [-0.39, 0.29) is 0 Å². The predicted molar refractivity (Wildman–Crippen MR) is 101 cm³/mol. The summed E-state index contributed by atoms with van der Waals surface area (Å²) in [6.45, 7) is 1.75. The molecule has 130 valence electrons. The third kappa shape index (κ3) is 2.95. The van der Waals surface area contributed by atoms with Crippen molar-refractivity contribution in [1.82, 2.24) is 14.5 Å². The molecule has 1 saturated heterocycles. The lowest BCUT2D eigenvalue weighted by atomic mass is 10.1. The first-order valence-electron chi connectivity index (χ1n) is 8.11. The summed E-state index contributed by atoms with van der Waals surface area (Å²) in [6, 6.07) is 10.1. The highest BCUT2D eigenvalue weighted by atomic mass is 127. The number of hydrogen-bond donors (Lipinski definition) is 2. The van der Waals surface area contributed by atoms with Crippen LogP contribution in [-0.2, 0) is 11.2 Å². The van der Waals surface area contributed by atoms with Gasteiger partial charge in [0.2, 0.25) is 0 Å². The van der Waals surface area contributed by atoms with Gasteiger partial charge in [0.15, 0.2) is 6.23 Å². The third-order valence-corrected chi connectivity index (χ3v) is 5.43. The SMILES string of the molecule is C[C@H]1O[C@@H](n2cc(I)c3c(Cc4ccccc4)ncnc32)[C@H](O)[C@@H]1O. The quantitative estimate of drug-likeness (QED) is 0.598. The Morgan fingerprint density at radius 2 is 1.92 bits per heavy atom. The lowest BCUT2D eigenvalue weighted by Crippen LogP contribution is -2.30. The van der Waals surface area contributed by atoms with Crippen molar-refractivity contribution in [3.05, 3.63) is 57.7 Å². The zero-order valence-electron chi connectivity index (χ0n) is 13.6. The van der Waals surface area contributed by atoms with Gasteiger partial charge in [-0.05, 0) is 35.1 Å². The normalized spacial score (nSPS) is 26.4. The molecule has 7 heteroatoms. The lowest BCUT2D eigenvalue weighted by molar-refractivity contribution is -0.0297. The smallest absolute Gasteiger partial charge is 0.164 e. The molecule has 25 heavy (non-hydrogen) atoms. The Labute approximate surface area is 158 Å². The molecule has 1 aliphatic rings. The molecule has 1 aliphatic heterocycles. The second kappa shape index (κ2) is 6.64. The molecule has 0 radical (unpaired) electrons. The van der Waals surface area contributed by atoms with Crippen molar-refractivity contribution in [2.45, 2.75) is 37.9 Å². The van der Waals surface area contributed by atoms with E-state index in [1.54, 1.807) is 11.5 Å². The van der Waals surface area contributed by atoms with Crippen molar-refractivity contribution in [3.8, 4) is 0 Å². The van der Waals surface area contributed by atoms with Gasteiger partial charge < -0.3 is 19.5 Å². The molecule has 0 spiro atoms. The highest BCUT2D eigenvalue weighted by molar-refractivity contribution is 14.1. The van der Waals surface area contributed by atoms with Crippen LogP contribution >= 0.6 is 22.6 Å². The number of rotatable bonds is 3. The van der Waals surface area contributed by atoms with Crippen molar-refractivity contribution in [2.24, 2.45) is 0 Å². The fraction of sp³-hybridized carbons (Fsp3) is 0.333. The molecule has 3 heterocycles. The van der Waals surface area contributed by atoms with E-state index in [9.17, 15) is 10.2 Å². The molecule has 0 saturated carbocycles. The first-order chi connectivity index (χ1) is 12.1. The van der Waals surface area contributed by atoms with Gasteiger partial charge in [-0.25, -0.2) is 9.97 Å². The summed E-state index contributed by atoms with van der Waals surface area (Å²) >= 11 is 2.25. The average Bonchev–Trinajstić information content (AvgIpc) is 3.08. The van der Waals surface area contributed by atoms with E-state index in [0.717, 1.165) is 14.7 Å². The maximum Gasteiger partial charge on any atom is 0.164 e. The summed E-state index contributed by atoms with van der Waals surface area (Å²) in [5.74, 6) is 0. The number of hydrogen-bond acceptors (Lipinski definition) is 5. The summed E-state index contributed by atoms with van der Waals surface area (Å²) in [4.78, 5) is 8.88. The molecule has 1 fully saturated rings. The van der Waals surface area contributed by atoms with E-state index in [0.29, 0.717) is 12.1 Å². The molecule has 4 rings (SSSR count). The van der Waals surface area contributed by atoms with Gasteiger partial charge in [0.05, 0.1) is 17.2 Å². The van der Waals surface area contributed by atoms with E-state index >= 15 is 0 Å². The Morgan fingerprint density at radius 1 is 1.16 bits per heavy atom. The van der Waals surface area contributed by atoms with E-state index in [1.807, 2.05) is 24.4 Å². The van der Waals surface area contributed by atoms with Crippen molar-refractivity contribution >= 4 is 33.6 Å². The van der Waals surface area contributed by atoms with Crippen LogP contribution in [0.2, 0.25) is 0 Å². The summed E-state index contributed by atoms with van der Waals surface area (Å²) in [6.07, 6.45) is 1.14. The summed E-state index contributed by atoms with van der Waals surface area (Å²) in [7, 11) is 0. The van der Waals surface area contributed by atoms with Gasteiger partial charge >= 0.3 is 0 Å². The molecule has 2 N–H and O–H groups in total. The minimum atomic E-state index is -0.992. The van der Waals surface area contributed by atoms with Crippen molar-refractivity contribution in [3.63, 3.8) is 0 Å². The molecule has 1 aromatic carbocycles. The van der Waals surface area contributed by atoms with Crippen LogP contribution in [0, 0.1) is 3.57 Å². The molecule has 6 nitrogen and oxygen atoms in total. The van der Waals surface area contributed by atoms with Gasteiger partial charge in [0, 0.05) is 16.2 Å². The lowest BCUT2D eigenvalue weighted by Gasteiger charge is -2.17. The molecule has 0 unspecified atom stereocenters. The highest BCUT2D eigenvalue weighted by Gasteiger charge is 2.42. The van der Waals surface area contributed by atoms with Crippen LogP contribution in [0.15, 0.2) is 42.9 Å². The average molecular weight is 451 g/mol. The highest BCUT2D eigenvalue weighted by Crippen LogP contribution is 2.34. The van der Waals surface area contributed by atoms with Crippen LogP contribution in [0.25, 0.3) is 11.0 Å². The van der Waals surface area contributed by atoms with E-state index < -0.39 is 24.5 Å². The predicted octanol–water partition coefficient (Wildman–Crippen LogP) is 2.27. The van der Waals surface area contributed by atoms with E-state index in [2.05, 4.69) is 44.7 Å². The Balaban J connectivity index is 1.78. The molecule has 0 aliphatic carbocycles. The number of ether oxygens (including phenoxy) is 1. The second-order valence-corrected chi connectivity index (χ2v) is 7.44. The fourth-order valence-electron chi connectivity index (χ4n) is 3.27.